The topological polar surface area (TPSA) is 17.8 Å². The first-order valence-corrected chi connectivity index (χ1v) is 4.40. The fourth-order valence-electron chi connectivity index (χ4n) is 1.13. The highest BCUT2D eigenvalue weighted by molar-refractivity contribution is 9.10. The van der Waals surface area contributed by atoms with E-state index < -0.39 is 0 Å². The van der Waals surface area contributed by atoms with Crippen LogP contribution in [0.4, 0.5) is 0 Å². The highest BCUT2D eigenvalue weighted by Gasteiger charge is 2.18. The molecule has 2 nitrogen and oxygen atoms in total. The van der Waals surface area contributed by atoms with Crippen LogP contribution in [0.5, 0.6) is 0 Å². The van der Waals surface area contributed by atoms with E-state index in [0.29, 0.717) is 0 Å². The Labute approximate surface area is 75.7 Å². The molecular weight excluding hydrogens is 204 g/mol. The number of halogens is 1. The largest absolute Gasteiger partial charge is 0.271 e. The van der Waals surface area contributed by atoms with Gasteiger partial charge in [0.25, 0.3) is 0 Å². The van der Waals surface area contributed by atoms with Crippen molar-refractivity contribution >= 4 is 15.9 Å². The standard InChI is InChI=1S/C8H13BrN2/c1-8(2,3)6-5-7(9)10-11(6)4/h5H,1-4H3. The molecule has 1 aromatic heterocycles. The smallest absolute Gasteiger partial charge is 0.128 e. The molecule has 0 saturated heterocycles. The first-order chi connectivity index (χ1) is 4.91. The van der Waals surface area contributed by atoms with Gasteiger partial charge in [-0.2, -0.15) is 5.10 Å². The lowest BCUT2D eigenvalue weighted by Gasteiger charge is -2.17. The van der Waals surface area contributed by atoms with Gasteiger partial charge >= 0.3 is 0 Å². The Morgan fingerprint density at radius 1 is 1.45 bits per heavy atom. The molecule has 0 aliphatic rings. The summed E-state index contributed by atoms with van der Waals surface area (Å²) in [6, 6.07) is 2.06. The summed E-state index contributed by atoms with van der Waals surface area (Å²) in [5.74, 6) is 0. The van der Waals surface area contributed by atoms with Gasteiger partial charge in [-0.15, -0.1) is 0 Å². The van der Waals surface area contributed by atoms with E-state index in [-0.39, 0.29) is 5.41 Å². The van der Waals surface area contributed by atoms with Gasteiger partial charge in [0.1, 0.15) is 4.60 Å². The van der Waals surface area contributed by atoms with Crippen molar-refractivity contribution in [2.45, 2.75) is 26.2 Å². The van der Waals surface area contributed by atoms with Crippen molar-refractivity contribution in [1.82, 2.24) is 9.78 Å². The molecule has 11 heavy (non-hydrogen) atoms. The molecule has 62 valence electrons. The van der Waals surface area contributed by atoms with Gasteiger partial charge in [-0.05, 0) is 22.0 Å². The monoisotopic (exact) mass is 216 g/mol. The fraction of sp³-hybridized carbons (Fsp3) is 0.625. The molecule has 0 aliphatic heterocycles. The Bertz CT molecular complexity index is 258. The highest BCUT2D eigenvalue weighted by Crippen LogP contribution is 2.23. The van der Waals surface area contributed by atoms with Crippen LogP contribution in [0.2, 0.25) is 0 Å². The van der Waals surface area contributed by atoms with E-state index in [1.54, 1.807) is 0 Å². The van der Waals surface area contributed by atoms with Gasteiger partial charge in [0.15, 0.2) is 0 Å². The lowest BCUT2D eigenvalue weighted by molar-refractivity contribution is 0.523. The Kier molecular flexibility index (Phi) is 2.10. The first-order valence-electron chi connectivity index (χ1n) is 3.61. The molecule has 1 rings (SSSR count). The quantitative estimate of drug-likeness (QED) is 0.652. The average molecular weight is 217 g/mol. The maximum atomic E-state index is 4.21. The molecule has 0 N–H and O–H groups in total. The number of nitrogens with zero attached hydrogens (tertiary/aromatic N) is 2. The number of rotatable bonds is 0. The van der Waals surface area contributed by atoms with Crippen molar-refractivity contribution in [2.24, 2.45) is 7.05 Å². The first kappa shape index (κ1) is 8.78. The van der Waals surface area contributed by atoms with Crippen LogP contribution in [-0.2, 0) is 12.5 Å². The minimum absolute atomic E-state index is 0.174. The molecule has 0 aromatic carbocycles. The van der Waals surface area contributed by atoms with Gasteiger partial charge in [-0.1, -0.05) is 20.8 Å². The third-order valence-corrected chi connectivity index (χ3v) is 2.01. The molecule has 0 aliphatic carbocycles. The van der Waals surface area contributed by atoms with Gasteiger partial charge in [-0.25, -0.2) is 0 Å². The van der Waals surface area contributed by atoms with Crippen LogP contribution >= 0.6 is 15.9 Å². The molecule has 0 fully saturated rings. The van der Waals surface area contributed by atoms with E-state index in [1.807, 2.05) is 11.7 Å². The SMILES string of the molecule is Cn1nc(Br)cc1C(C)(C)C. The Morgan fingerprint density at radius 2 is 2.00 bits per heavy atom. The summed E-state index contributed by atoms with van der Waals surface area (Å²) >= 11 is 3.34. The zero-order chi connectivity index (χ0) is 8.65. The normalized spacial score (nSPS) is 12.1. The zero-order valence-electron chi connectivity index (χ0n) is 7.35. The van der Waals surface area contributed by atoms with Crippen molar-refractivity contribution in [3.05, 3.63) is 16.4 Å². The summed E-state index contributed by atoms with van der Waals surface area (Å²) in [6.45, 7) is 6.53. The average Bonchev–Trinajstić information content (AvgIpc) is 2.08. The van der Waals surface area contributed by atoms with Gasteiger partial charge in [0.05, 0.1) is 0 Å². The summed E-state index contributed by atoms with van der Waals surface area (Å²) in [5, 5.41) is 4.21. The molecule has 0 saturated carbocycles. The molecule has 1 aromatic rings. The summed E-state index contributed by atoms with van der Waals surface area (Å²) < 4.78 is 2.81. The van der Waals surface area contributed by atoms with E-state index in [4.69, 9.17) is 0 Å². The summed E-state index contributed by atoms with van der Waals surface area (Å²) in [7, 11) is 1.96. The maximum Gasteiger partial charge on any atom is 0.128 e. The second-order valence-electron chi connectivity index (χ2n) is 3.73. The number of hydrogen-bond donors (Lipinski definition) is 0. The van der Waals surface area contributed by atoms with E-state index in [2.05, 4.69) is 47.9 Å². The summed E-state index contributed by atoms with van der Waals surface area (Å²) in [6.07, 6.45) is 0. The summed E-state index contributed by atoms with van der Waals surface area (Å²) in [4.78, 5) is 0. The van der Waals surface area contributed by atoms with Crippen LogP contribution in [0.1, 0.15) is 26.5 Å². The van der Waals surface area contributed by atoms with E-state index in [0.717, 1.165) is 4.60 Å². The van der Waals surface area contributed by atoms with Gasteiger partial charge in [0.2, 0.25) is 0 Å². The second kappa shape index (κ2) is 2.63. The van der Waals surface area contributed by atoms with Crippen LogP contribution in [-0.4, -0.2) is 9.78 Å². The van der Waals surface area contributed by atoms with Crippen LogP contribution in [0.15, 0.2) is 10.7 Å². The molecule has 0 spiro atoms. The van der Waals surface area contributed by atoms with Crippen molar-refractivity contribution in [1.29, 1.82) is 0 Å². The van der Waals surface area contributed by atoms with Gasteiger partial charge in [0, 0.05) is 18.2 Å². The molecule has 1 heterocycles. The number of aromatic nitrogens is 2. The fourth-order valence-corrected chi connectivity index (χ4v) is 1.59. The zero-order valence-corrected chi connectivity index (χ0v) is 8.94. The van der Waals surface area contributed by atoms with E-state index in [9.17, 15) is 0 Å². The number of hydrogen-bond acceptors (Lipinski definition) is 1. The lowest BCUT2D eigenvalue weighted by atomic mass is 9.92. The highest BCUT2D eigenvalue weighted by atomic mass is 79.9. The molecule has 0 radical (unpaired) electrons. The van der Waals surface area contributed by atoms with Crippen LogP contribution < -0.4 is 0 Å². The van der Waals surface area contributed by atoms with Crippen molar-refractivity contribution in [3.63, 3.8) is 0 Å². The van der Waals surface area contributed by atoms with Gasteiger partial charge < -0.3 is 0 Å². The third kappa shape index (κ3) is 1.83. The van der Waals surface area contributed by atoms with Gasteiger partial charge in [-0.3, -0.25) is 4.68 Å². The second-order valence-corrected chi connectivity index (χ2v) is 4.54. The van der Waals surface area contributed by atoms with Crippen molar-refractivity contribution < 1.29 is 0 Å². The minimum Gasteiger partial charge on any atom is -0.271 e. The lowest BCUT2D eigenvalue weighted by Crippen LogP contribution is -2.16. The Morgan fingerprint density at radius 3 is 2.18 bits per heavy atom. The molecule has 0 unspecified atom stereocenters. The molecule has 3 heteroatoms. The molecular formula is C8H13BrN2. The maximum absolute atomic E-state index is 4.21. The molecule has 0 bridgehead atoms. The molecule has 0 amide bonds. The molecule has 0 atom stereocenters. The Balaban J connectivity index is 3.13. The van der Waals surface area contributed by atoms with E-state index >= 15 is 0 Å². The van der Waals surface area contributed by atoms with Crippen LogP contribution in [0.3, 0.4) is 0 Å². The van der Waals surface area contributed by atoms with Crippen LogP contribution in [0, 0.1) is 0 Å². The predicted molar refractivity (Wildman–Crippen MR) is 49.6 cm³/mol. The predicted octanol–water partition coefficient (Wildman–Crippen LogP) is 2.48. The minimum atomic E-state index is 0.174. The van der Waals surface area contributed by atoms with Crippen molar-refractivity contribution in [3.8, 4) is 0 Å². The van der Waals surface area contributed by atoms with E-state index in [1.165, 1.54) is 5.69 Å². The third-order valence-electron chi connectivity index (χ3n) is 1.62. The number of aryl methyl sites for hydroxylation is 1. The summed E-state index contributed by atoms with van der Waals surface area (Å²) in [5.41, 5.74) is 1.41. The van der Waals surface area contributed by atoms with Crippen LogP contribution in [0.25, 0.3) is 0 Å². The van der Waals surface area contributed by atoms with Crippen molar-refractivity contribution in [2.75, 3.05) is 0 Å². The Hall–Kier alpha value is -0.310.